The van der Waals surface area contributed by atoms with E-state index in [1.54, 1.807) is 6.92 Å². The van der Waals surface area contributed by atoms with Crippen LogP contribution in [0.2, 0.25) is 5.02 Å². The fourth-order valence-corrected chi connectivity index (χ4v) is 1.71. The van der Waals surface area contributed by atoms with E-state index in [2.05, 4.69) is 10.1 Å². The molecule has 2 aromatic heterocycles. The van der Waals surface area contributed by atoms with E-state index in [0.29, 0.717) is 17.5 Å². The van der Waals surface area contributed by atoms with Crippen LogP contribution in [-0.2, 0) is 0 Å². The molecule has 0 aromatic carbocycles. The van der Waals surface area contributed by atoms with Crippen molar-refractivity contribution in [2.45, 2.75) is 6.92 Å². The van der Waals surface area contributed by atoms with E-state index >= 15 is 0 Å². The maximum absolute atomic E-state index is 10.8. The van der Waals surface area contributed by atoms with Crippen LogP contribution in [0.5, 0.6) is 0 Å². The van der Waals surface area contributed by atoms with Gasteiger partial charge in [0.25, 0.3) is 0 Å². The van der Waals surface area contributed by atoms with E-state index in [0.717, 1.165) is 0 Å². The molecule has 0 atom stereocenters. The SMILES string of the molecule is Cc1cc(C(=O)O)nn1-c1ncc(C=O)cc1Cl. The molecule has 0 fully saturated rings. The van der Waals surface area contributed by atoms with E-state index in [4.69, 9.17) is 16.7 Å². The van der Waals surface area contributed by atoms with Gasteiger partial charge in [-0.1, -0.05) is 11.6 Å². The Kier molecular flexibility index (Phi) is 3.12. The van der Waals surface area contributed by atoms with E-state index in [9.17, 15) is 9.59 Å². The van der Waals surface area contributed by atoms with Gasteiger partial charge in [0.1, 0.15) is 0 Å². The molecule has 0 amide bonds. The van der Waals surface area contributed by atoms with Crippen LogP contribution in [0.1, 0.15) is 26.5 Å². The number of aromatic carboxylic acids is 1. The Morgan fingerprint density at radius 3 is 2.72 bits per heavy atom. The molecule has 0 unspecified atom stereocenters. The maximum atomic E-state index is 10.8. The van der Waals surface area contributed by atoms with Crippen LogP contribution in [0, 0.1) is 6.92 Å². The van der Waals surface area contributed by atoms with Crippen molar-refractivity contribution >= 4 is 23.9 Å². The third kappa shape index (κ3) is 2.10. The Labute approximate surface area is 107 Å². The smallest absolute Gasteiger partial charge is 0.356 e. The number of rotatable bonds is 3. The first-order valence-electron chi connectivity index (χ1n) is 4.94. The number of nitrogens with zero attached hydrogens (tertiary/aromatic N) is 3. The van der Waals surface area contributed by atoms with Gasteiger partial charge in [0.05, 0.1) is 5.02 Å². The maximum Gasteiger partial charge on any atom is 0.356 e. The van der Waals surface area contributed by atoms with Crippen LogP contribution < -0.4 is 0 Å². The van der Waals surface area contributed by atoms with Gasteiger partial charge in [-0.05, 0) is 19.1 Å². The summed E-state index contributed by atoms with van der Waals surface area (Å²) in [7, 11) is 0. The second-order valence-electron chi connectivity index (χ2n) is 3.58. The zero-order valence-electron chi connectivity index (χ0n) is 9.29. The van der Waals surface area contributed by atoms with Crippen molar-refractivity contribution in [3.05, 3.63) is 40.3 Å². The van der Waals surface area contributed by atoms with Gasteiger partial charge >= 0.3 is 5.97 Å². The molecule has 2 aromatic rings. The monoisotopic (exact) mass is 265 g/mol. The Morgan fingerprint density at radius 1 is 1.50 bits per heavy atom. The van der Waals surface area contributed by atoms with Crippen LogP contribution in [0.4, 0.5) is 0 Å². The molecular formula is C11H8ClN3O3. The number of carboxylic acid groups (broad SMARTS) is 1. The normalized spacial score (nSPS) is 10.3. The summed E-state index contributed by atoms with van der Waals surface area (Å²) >= 11 is 5.97. The minimum atomic E-state index is -1.13. The summed E-state index contributed by atoms with van der Waals surface area (Å²) in [4.78, 5) is 25.4. The summed E-state index contributed by atoms with van der Waals surface area (Å²) in [6, 6.07) is 2.85. The first-order valence-corrected chi connectivity index (χ1v) is 5.32. The summed E-state index contributed by atoms with van der Waals surface area (Å²) in [5, 5.41) is 12.9. The van der Waals surface area contributed by atoms with Gasteiger partial charge in [0.15, 0.2) is 17.8 Å². The number of aldehydes is 1. The van der Waals surface area contributed by atoms with E-state index in [-0.39, 0.29) is 16.5 Å². The van der Waals surface area contributed by atoms with Crippen LogP contribution in [-0.4, -0.2) is 32.1 Å². The molecule has 0 aliphatic rings. The van der Waals surface area contributed by atoms with Crippen molar-refractivity contribution in [3.8, 4) is 5.82 Å². The third-order valence-electron chi connectivity index (χ3n) is 2.29. The lowest BCUT2D eigenvalue weighted by atomic mass is 10.3. The van der Waals surface area contributed by atoms with E-state index in [1.807, 2.05) is 0 Å². The molecule has 18 heavy (non-hydrogen) atoms. The van der Waals surface area contributed by atoms with E-state index < -0.39 is 5.97 Å². The molecule has 0 aliphatic carbocycles. The average molecular weight is 266 g/mol. The van der Waals surface area contributed by atoms with Crippen molar-refractivity contribution in [2.24, 2.45) is 0 Å². The Balaban J connectivity index is 2.55. The van der Waals surface area contributed by atoms with Crippen LogP contribution in [0.25, 0.3) is 5.82 Å². The number of carbonyl (C=O) groups is 2. The van der Waals surface area contributed by atoms with E-state index in [1.165, 1.54) is 23.0 Å². The molecule has 2 rings (SSSR count). The Morgan fingerprint density at radius 2 is 2.22 bits per heavy atom. The standard InChI is InChI=1S/C11H8ClN3O3/c1-6-2-9(11(17)18)14-15(6)10-8(12)3-7(5-16)4-13-10/h2-5H,1H3,(H,17,18). The van der Waals surface area contributed by atoms with Gasteiger partial charge in [-0.25, -0.2) is 14.5 Å². The van der Waals surface area contributed by atoms with Gasteiger partial charge in [0, 0.05) is 17.5 Å². The predicted molar refractivity (Wildman–Crippen MR) is 63.5 cm³/mol. The van der Waals surface area contributed by atoms with Gasteiger partial charge in [0.2, 0.25) is 0 Å². The second kappa shape index (κ2) is 4.58. The molecule has 92 valence electrons. The molecule has 6 nitrogen and oxygen atoms in total. The zero-order valence-corrected chi connectivity index (χ0v) is 10.0. The first kappa shape index (κ1) is 12.3. The van der Waals surface area contributed by atoms with Gasteiger partial charge in [-0.2, -0.15) is 5.10 Å². The summed E-state index contributed by atoms with van der Waals surface area (Å²) in [6.07, 6.45) is 1.97. The van der Waals surface area contributed by atoms with Crippen molar-refractivity contribution in [2.75, 3.05) is 0 Å². The number of pyridine rings is 1. The van der Waals surface area contributed by atoms with Crippen LogP contribution >= 0.6 is 11.6 Å². The quantitative estimate of drug-likeness (QED) is 0.855. The van der Waals surface area contributed by atoms with Crippen molar-refractivity contribution < 1.29 is 14.7 Å². The molecule has 0 radical (unpaired) electrons. The van der Waals surface area contributed by atoms with Crippen molar-refractivity contribution in [3.63, 3.8) is 0 Å². The summed E-state index contributed by atoms with van der Waals surface area (Å²) in [6.45, 7) is 1.69. The summed E-state index contributed by atoms with van der Waals surface area (Å²) in [5.74, 6) is -0.843. The minimum Gasteiger partial charge on any atom is -0.476 e. The summed E-state index contributed by atoms with van der Waals surface area (Å²) < 4.78 is 1.32. The fourth-order valence-electron chi connectivity index (χ4n) is 1.46. The minimum absolute atomic E-state index is 0.0927. The number of aromatic nitrogens is 3. The van der Waals surface area contributed by atoms with Gasteiger partial charge < -0.3 is 5.11 Å². The molecule has 0 aliphatic heterocycles. The zero-order chi connectivity index (χ0) is 13.3. The largest absolute Gasteiger partial charge is 0.476 e. The molecule has 0 saturated carbocycles. The highest BCUT2D eigenvalue weighted by Gasteiger charge is 2.14. The molecule has 0 bridgehead atoms. The molecule has 2 heterocycles. The molecule has 1 N–H and O–H groups in total. The number of carboxylic acids is 1. The number of halogens is 1. The lowest BCUT2D eigenvalue weighted by Crippen LogP contribution is -2.05. The third-order valence-corrected chi connectivity index (χ3v) is 2.56. The lowest BCUT2D eigenvalue weighted by Gasteiger charge is -2.05. The van der Waals surface area contributed by atoms with Crippen molar-refractivity contribution in [1.29, 1.82) is 0 Å². The molecule has 7 heteroatoms. The highest BCUT2D eigenvalue weighted by atomic mass is 35.5. The number of hydrogen-bond acceptors (Lipinski definition) is 4. The van der Waals surface area contributed by atoms with Crippen LogP contribution in [0.3, 0.4) is 0 Å². The highest BCUT2D eigenvalue weighted by molar-refractivity contribution is 6.32. The number of carbonyl (C=O) groups excluding carboxylic acids is 1. The Bertz CT molecular complexity index is 636. The highest BCUT2D eigenvalue weighted by Crippen LogP contribution is 2.20. The molecule has 0 spiro atoms. The van der Waals surface area contributed by atoms with Crippen molar-refractivity contribution in [1.82, 2.24) is 14.8 Å². The molecule has 0 saturated heterocycles. The first-order chi connectivity index (χ1) is 8.52. The van der Waals surface area contributed by atoms with Gasteiger partial charge in [-0.15, -0.1) is 0 Å². The summed E-state index contributed by atoms with van der Waals surface area (Å²) in [5.41, 5.74) is 0.831. The topological polar surface area (TPSA) is 85.1 Å². The predicted octanol–water partition coefficient (Wildman–Crippen LogP) is 1.74. The number of hydrogen-bond donors (Lipinski definition) is 1. The number of aryl methyl sites for hydroxylation is 1. The average Bonchev–Trinajstić information content (AvgIpc) is 2.71. The van der Waals surface area contributed by atoms with Crippen LogP contribution in [0.15, 0.2) is 18.3 Å². The molecular weight excluding hydrogens is 258 g/mol. The second-order valence-corrected chi connectivity index (χ2v) is 3.99. The fraction of sp³-hybridized carbons (Fsp3) is 0.0909. The Hall–Kier alpha value is -2.21. The van der Waals surface area contributed by atoms with Gasteiger partial charge in [-0.3, -0.25) is 4.79 Å². The lowest BCUT2D eigenvalue weighted by molar-refractivity contribution is 0.0690.